The van der Waals surface area contributed by atoms with Gasteiger partial charge < -0.3 is 9.64 Å². The van der Waals surface area contributed by atoms with Gasteiger partial charge in [-0.15, -0.1) is 0 Å². The number of benzene rings is 1. The van der Waals surface area contributed by atoms with Crippen LogP contribution in [0.3, 0.4) is 0 Å². The first-order chi connectivity index (χ1) is 9.08. The van der Waals surface area contributed by atoms with Gasteiger partial charge in [0.1, 0.15) is 5.75 Å². The van der Waals surface area contributed by atoms with Crippen LogP contribution in [-0.4, -0.2) is 30.5 Å². The average molecular weight is 261 g/mol. The number of likely N-dealkylation sites (tertiary alicyclic amines) is 1. The lowest BCUT2D eigenvalue weighted by atomic mass is 10.0. The highest BCUT2D eigenvalue weighted by molar-refractivity contribution is 5.78. The van der Waals surface area contributed by atoms with Crippen LogP contribution in [0.15, 0.2) is 18.2 Å². The summed E-state index contributed by atoms with van der Waals surface area (Å²) in [6, 6.07) is 6.03. The molecule has 1 atom stereocenters. The zero-order chi connectivity index (χ0) is 13.8. The highest BCUT2D eigenvalue weighted by atomic mass is 16.5. The number of piperidine rings is 1. The van der Waals surface area contributed by atoms with Crippen molar-refractivity contribution in [2.24, 2.45) is 5.92 Å². The van der Waals surface area contributed by atoms with E-state index in [1.54, 1.807) is 0 Å². The van der Waals surface area contributed by atoms with Crippen molar-refractivity contribution >= 4 is 5.91 Å². The summed E-state index contributed by atoms with van der Waals surface area (Å²) in [5.41, 5.74) is 2.17. The summed E-state index contributed by atoms with van der Waals surface area (Å²) in [6.45, 7) is 8.12. The molecule has 1 unspecified atom stereocenters. The van der Waals surface area contributed by atoms with Crippen LogP contribution in [0.4, 0.5) is 0 Å². The molecule has 1 saturated heterocycles. The first kappa shape index (κ1) is 13.9. The fourth-order valence-corrected chi connectivity index (χ4v) is 2.67. The van der Waals surface area contributed by atoms with Crippen molar-refractivity contribution in [2.45, 2.75) is 33.6 Å². The maximum Gasteiger partial charge on any atom is 0.260 e. The van der Waals surface area contributed by atoms with Gasteiger partial charge >= 0.3 is 0 Å². The number of carbonyl (C=O) groups is 1. The molecule has 1 aromatic carbocycles. The van der Waals surface area contributed by atoms with E-state index >= 15 is 0 Å². The molecule has 0 spiro atoms. The van der Waals surface area contributed by atoms with Gasteiger partial charge in [-0.3, -0.25) is 4.79 Å². The van der Waals surface area contributed by atoms with Crippen LogP contribution in [0.2, 0.25) is 0 Å². The molecule has 2 rings (SSSR count). The Kier molecular flexibility index (Phi) is 4.46. The number of para-hydroxylation sites is 1. The van der Waals surface area contributed by atoms with Crippen LogP contribution < -0.4 is 4.74 Å². The van der Waals surface area contributed by atoms with E-state index in [4.69, 9.17) is 4.74 Å². The van der Waals surface area contributed by atoms with Crippen LogP contribution >= 0.6 is 0 Å². The number of rotatable bonds is 3. The van der Waals surface area contributed by atoms with Crippen LogP contribution in [0.25, 0.3) is 0 Å². The van der Waals surface area contributed by atoms with Crippen LogP contribution in [0, 0.1) is 19.8 Å². The third kappa shape index (κ3) is 3.49. The van der Waals surface area contributed by atoms with Crippen molar-refractivity contribution in [3.8, 4) is 5.75 Å². The van der Waals surface area contributed by atoms with Crippen molar-refractivity contribution in [3.63, 3.8) is 0 Å². The highest BCUT2D eigenvalue weighted by Gasteiger charge is 2.21. The summed E-state index contributed by atoms with van der Waals surface area (Å²) in [4.78, 5) is 14.1. The zero-order valence-corrected chi connectivity index (χ0v) is 12.1. The lowest BCUT2D eigenvalue weighted by Gasteiger charge is -2.31. The van der Waals surface area contributed by atoms with E-state index in [2.05, 4.69) is 6.92 Å². The van der Waals surface area contributed by atoms with Gasteiger partial charge in [0.15, 0.2) is 6.61 Å². The number of carbonyl (C=O) groups excluding carboxylic acids is 1. The summed E-state index contributed by atoms with van der Waals surface area (Å²) in [5, 5.41) is 0. The standard InChI is InChI=1S/C16H23NO2/c1-12-6-5-9-17(10-12)15(18)11-19-16-13(2)7-4-8-14(16)3/h4,7-8,12H,5-6,9-11H2,1-3H3. The van der Waals surface area contributed by atoms with Crippen molar-refractivity contribution in [3.05, 3.63) is 29.3 Å². The Morgan fingerprint density at radius 1 is 1.37 bits per heavy atom. The molecule has 1 amide bonds. The van der Waals surface area contributed by atoms with E-state index < -0.39 is 0 Å². The fraction of sp³-hybridized carbons (Fsp3) is 0.562. The molecule has 1 aliphatic heterocycles. The molecule has 1 heterocycles. The quantitative estimate of drug-likeness (QED) is 0.837. The number of ether oxygens (including phenoxy) is 1. The minimum Gasteiger partial charge on any atom is -0.483 e. The van der Waals surface area contributed by atoms with E-state index in [0.29, 0.717) is 5.92 Å². The van der Waals surface area contributed by atoms with Crippen LogP contribution in [-0.2, 0) is 4.79 Å². The normalized spacial score (nSPS) is 19.3. The second-order valence-electron chi connectivity index (χ2n) is 5.60. The summed E-state index contributed by atoms with van der Waals surface area (Å²) in [5.74, 6) is 1.56. The molecule has 1 fully saturated rings. The van der Waals surface area contributed by atoms with Crippen LogP contribution in [0.5, 0.6) is 5.75 Å². The summed E-state index contributed by atoms with van der Waals surface area (Å²) < 4.78 is 5.73. The van der Waals surface area contributed by atoms with E-state index in [9.17, 15) is 4.79 Å². The van der Waals surface area contributed by atoms with E-state index in [1.165, 1.54) is 6.42 Å². The topological polar surface area (TPSA) is 29.5 Å². The molecule has 0 bridgehead atoms. The Morgan fingerprint density at radius 3 is 2.68 bits per heavy atom. The molecule has 1 aromatic rings. The van der Waals surface area contributed by atoms with E-state index in [-0.39, 0.29) is 12.5 Å². The molecule has 3 heteroatoms. The summed E-state index contributed by atoms with van der Waals surface area (Å²) >= 11 is 0. The van der Waals surface area contributed by atoms with Crippen molar-refractivity contribution in [1.82, 2.24) is 4.90 Å². The van der Waals surface area contributed by atoms with Gasteiger partial charge in [0, 0.05) is 13.1 Å². The number of aryl methyl sites for hydroxylation is 2. The number of nitrogens with zero attached hydrogens (tertiary/aromatic N) is 1. The highest BCUT2D eigenvalue weighted by Crippen LogP contribution is 2.22. The van der Waals surface area contributed by atoms with Crippen molar-refractivity contribution < 1.29 is 9.53 Å². The SMILES string of the molecule is Cc1cccc(C)c1OCC(=O)N1CCCC(C)C1. The summed E-state index contributed by atoms with van der Waals surface area (Å²) in [6.07, 6.45) is 2.33. The van der Waals surface area contributed by atoms with Crippen molar-refractivity contribution in [1.29, 1.82) is 0 Å². The zero-order valence-electron chi connectivity index (χ0n) is 12.1. The van der Waals surface area contributed by atoms with E-state index in [0.717, 1.165) is 36.4 Å². The Balaban J connectivity index is 1.93. The number of hydrogen-bond donors (Lipinski definition) is 0. The minimum atomic E-state index is 0.106. The minimum absolute atomic E-state index is 0.106. The van der Waals surface area contributed by atoms with Gasteiger partial charge in [0.2, 0.25) is 0 Å². The summed E-state index contributed by atoms with van der Waals surface area (Å²) in [7, 11) is 0. The second-order valence-corrected chi connectivity index (χ2v) is 5.60. The monoisotopic (exact) mass is 261 g/mol. The predicted octanol–water partition coefficient (Wildman–Crippen LogP) is 2.94. The third-order valence-corrected chi connectivity index (χ3v) is 3.76. The Morgan fingerprint density at radius 2 is 2.05 bits per heavy atom. The molecular weight excluding hydrogens is 238 g/mol. The fourth-order valence-electron chi connectivity index (χ4n) is 2.67. The molecule has 0 saturated carbocycles. The second kappa shape index (κ2) is 6.09. The Hall–Kier alpha value is -1.51. The van der Waals surface area contributed by atoms with Gasteiger partial charge in [0.25, 0.3) is 5.91 Å². The third-order valence-electron chi connectivity index (χ3n) is 3.76. The molecule has 0 aromatic heterocycles. The van der Waals surface area contributed by atoms with Crippen LogP contribution in [0.1, 0.15) is 30.9 Å². The molecule has 0 aliphatic carbocycles. The van der Waals surface area contributed by atoms with Crippen molar-refractivity contribution in [2.75, 3.05) is 19.7 Å². The van der Waals surface area contributed by atoms with Gasteiger partial charge in [0.05, 0.1) is 0 Å². The largest absolute Gasteiger partial charge is 0.483 e. The lowest BCUT2D eigenvalue weighted by Crippen LogP contribution is -2.41. The number of hydrogen-bond acceptors (Lipinski definition) is 2. The number of amides is 1. The molecule has 19 heavy (non-hydrogen) atoms. The molecule has 1 aliphatic rings. The molecule has 0 radical (unpaired) electrons. The Bertz CT molecular complexity index is 436. The van der Waals surface area contributed by atoms with Gasteiger partial charge in [-0.2, -0.15) is 0 Å². The predicted molar refractivity (Wildman–Crippen MR) is 76.4 cm³/mol. The molecule has 3 nitrogen and oxygen atoms in total. The van der Waals surface area contributed by atoms with E-state index in [1.807, 2.05) is 36.9 Å². The molecule has 104 valence electrons. The first-order valence-corrected chi connectivity index (χ1v) is 7.04. The van der Waals surface area contributed by atoms with Gasteiger partial charge in [-0.05, 0) is 43.7 Å². The van der Waals surface area contributed by atoms with Gasteiger partial charge in [-0.1, -0.05) is 25.1 Å². The maximum atomic E-state index is 12.1. The molecular formula is C16H23NO2. The molecule has 0 N–H and O–H groups in total. The van der Waals surface area contributed by atoms with Gasteiger partial charge in [-0.25, -0.2) is 0 Å². The maximum absolute atomic E-state index is 12.1. The smallest absolute Gasteiger partial charge is 0.260 e. The first-order valence-electron chi connectivity index (χ1n) is 7.04. The average Bonchev–Trinajstić information content (AvgIpc) is 2.38. The lowest BCUT2D eigenvalue weighted by molar-refractivity contribution is -0.135. The Labute approximate surface area is 115 Å².